The number of methoxy groups -OCH3 is 1. The number of nitrogens with one attached hydrogen (secondary N) is 1. The number of hydrogen-bond acceptors (Lipinski definition) is 4. The third kappa shape index (κ3) is 4.17. The van der Waals surface area contributed by atoms with Gasteiger partial charge in [-0.15, -0.1) is 0 Å². The molecule has 1 aromatic rings. The van der Waals surface area contributed by atoms with E-state index in [1.165, 1.54) is 23.1 Å². The van der Waals surface area contributed by atoms with Gasteiger partial charge in [-0.05, 0) is 56.3 Å². The van der Waals surface area contributed by atoms with Gasteiger partial charge in [-0.25, -0.2) is 0 Å². The number of aliphatic hydroxyl groups excluding tert-OH is 1. The fourth-order valence-corrected chi connectivity index (χ4v) is 4.29. The van der Waals surface area contributed by atoms with Crippen LogP contribution < -0.4 is 5.32 Å². The molecule has 0 bridgehead atoms. The van der Waals surface area contributed by atoms with Gasteiger partial charge in [-0.3, -0.25) is 0 Å². The number of fused-ring (bicyclic) bond motifs is 1. The van der Waals surface area contributed by atoms with Crippen molar-refractivity contribution in [2.75, 3.05) is 33.4 Å². The van der Waals surface area contributed by atoms with Crippen LogP contribution in [0.25, 0.3) is 0 Å². The van der Waals surface area contributed by atoms with Crippen LogP contribution in [0.3, 0.4) is 0 Å². The zero-order valence-electron chi connectivity index (χ0n) is 15.3. The number of likely N-dealkylation sites (tertiary alicyclic amines) is 1. The number of hydrogen-bond donors (Lipinski definition) is 2. The van der Waals surface area contributed by atoms with Gasteiger partial charge in [0.15, 0.2) is 0 Å². The van der Waals surface area contributed by atoms with Crippen LogP contribution in [0.4, 0.5) is 0 Å². The molecule has 1 heterocycles. The minimum absolute atomic E-state index is 0.371. The number of ether oxygens (including phenoxy) is 1. The van der Waals surface area contributed by atoms with Crippen molar-refractivity contribution in [3.8, 4) is 0 Å². The normalized spacial score (nSPS) is 26.5. The fourth-order valence-electron chi connectivity index (χ4n) is 4.29. The van der Waals surface area contributed by atoms with Gasteiger partial charge in [0.05, 0.1) is 12.7 Å². The summed E-state index contributed by atoms with van der Waals surface area (Å²) in [7, 11) is 1.64. The van der Waals surface area contributed by atoms with E-state index in [2.05, 4.69) is 42.3 Å². The SMILES string of the molecule is COCC(O)CN1CCC(NC2c3cc(C)ccc3CC2C)CC1. The molecule has 2 aliphatic rings. The Morgan fingerprint density at radius 2 is 2.08 bits per heavy atom. The van der Waals surface area contributed by atoms with Gasteiger partial charge in [0.2, 0.25) is 0 Å². The Balaban J connectivity index is 1.53. The summed E-state index contributed by atoms with van der Waals surface area (Å²) in [5, 5.41) is 13.8. The maximum atomic E-state index is 9.88. The molecule has 0 radical (unpaired) electrons. The Kier molecular flexibility index (Phi) is 5.93. The first-order chi connectivity index (χ1) is 11.6. The van der Waals surface area contributed by atoms with Crippen LogP contribution in [0.1, 0.15) is 42.5 Å². The highest BCUT2D eigenvalue weighted by atomic mass is 16.5. The van der Waals surface area contributed by atoms with Gasteiger partial charge < -0.3 is 20.1 Å². The minimum Gasteiger partial charge on any atom is -0.389 e. The molecule has 134 valence electrons. The van der Waals surface area contributed by atoms with Gasteiger partial charge in [0.25, 0.3) is 0 Å². The first kappa shape index (κ1) is 17.9. The smallest absolute Gasteiger partial charge is 0.0900 e. The third-order valence-corrected chi connectivity index (χ3v) is 5.58. The van der Waals surface area contributed by atoms with Crippen molar-refractivity contribution in [3.05, 3.63) is 34.9 Å². The molecule has 3 atom stereocenters. The van der Waals surface area contributed by atoms with E-state index in [1.54, 1.807) is 7.11 Å². The lowest BCUT2D eigenvalue weighted by atomic mass is 9.97. The maximum Gasteiger partial charge on any atom is 0.0900 e. The number of benzene rings is 1. The molecule has 4 heteroatoms. The van der Waals surface area contributed by atoms with Crippen molar-refractivity contribution >= 4 is 0 Å². The zero-order chi connectivity index (χ0) is 17.1. The minimum atomic E-state index is -0.371. The van der Waals surface area contributed by atoms with Crippen molar-refractivity contribution in [1.82, 2.24) is 10.2 Å². The predicted octanol–water partition coefficient (Wildman–Crippen LogP) is 2.29. The highest BCUT2D eigenvalue weighted by Gasteiger charge is 2.32. The largest absolute Gasteiger partial charge is 0.389 e. The first-order valence-electron chi connectivity index (χ1n) is 9.31. The van der Waals surface area contributed by atoms with Crippen LogP contribution >= 0.6 is 0 Å². The number of nitrogens with zero attached hydrogens (tertiary/aromatic N) is 1. The molecule has 0 amide bonds. The number of piperidine rings is 1. The Hall–Kier alpha value is -0.940. The molecule has 0 spiro atoms. The summed E-state index contributed by atoms with van der Waals surface area (Å²) in [6.07, 6.45) is 3.13. The molecule has 1 fully saturated rings. The molecule has 24 heavy (non-hydrogen) atoms. The van der Waals surface area contributed by atoms with E-state index in [1.807, 2.05) is 0 Å². The highest BCUT2D eigenvalue weighted by Crippen LogP contribution is 2.37. The molecular formula is C20H32N2O2. The van der Waals surface area contributed by atoms with E-state index in [0.29, 0.717) is 24.6 Å². The summed E-state index contributed by atoms with van der Waals surface area (Å²) in [4.78, 5) is 2.36. The summed E-state index contributed by atoms with van der Waals surface area (Å²) in [6, 6.07) is 7.99. The van der Waals surface area contributed by atoms with E-state index in [9.17, 15) is 5.11 Å². The lowest BCUT2D eigenvalue weighted by molar-refractivity contribution is 0.0305. The summed E-state index contributed by atoms with van der Waals surface area (Å²) >= 11 is 0. The molecule has 3 rings (SSSR count). The monoisotopic (exact) mass is 332 g/mol. The van der Waals surface area contributed by atoms with Crippen molar-refractivity contribution in [2.24, 2.45) is 5.92 Å². The van der Waals surface area contributed by atoms with Crippen LogP contribution in [-0.4, -0.2) is 55.5 Å². The highest BCUT2D eigenvalue weighted by molar-refractivity contribution is 5.38. The number of aryl methyl sites for hydroxylation is 1. The summed E-state index contributed by atoms with van der Waals surface area (Å²) in [5.74, 6) is 0.670. The molecule has 1 saturated heterocycles. The zero-order valence-corrected chi connectivity index (χ0v) is 15.3. The van der Waals surface area contributed by atoms with Gasteiger partial charge in [-0.1, -0.05) is 30.7 Å². The molecular weight excluding hydrogens is 300 g/mol. The molecule has 1 aliphatic heterocycles. The van der Waals surface area contributed by atoms with E-state index in [4.69, 9.17) is 4.74 Å². The lowest BCUT2D eigenvalue weighted by Crippen LogP contribution is -2.46. The molecule has 0 saturated carbocycles. The van der Waals surface area contributed by atoms with E-state index >= 15 is 0 Å². The number of β-amino-alcohol motifs (C(OH)–C–C–N with tert-alkyl or cyclic N) is 1. The fraction of sp³-hybridized carbons (Fsp3) is 0.700. The van der Waals surface area contributed by atoms with Gasteiger partial charge in [-0.2, -0.15) is 0 Å². The van der Waals surface area contributed by atoms with Crippen molar-refractivity contribution in [3.63, 3.8) is 0 Å². The second-order valence-electron chi connectivity index (χ2n) is 7.71. The summed E-state index contributed by atoms with van der Waals surface area (Å²) in [6.45, 7) is 7.81. The first-order valence-corrected chi connectivity index (χ1v) is 9.31. The molecule has 2 N–H and O–H groups in total. The average molecular weight is 332 g/mol. The molecule has 0 aromatic heterocycles. The van der Waals surface area contributed by atoms with Crippen LogP contribution in [0, 0.1) is 12.8 Å². The molecule has 4 nitrogen and oxygen atoms in total. The average Bonchev–Trinajstić information content (AvgIpc) is 2.85. The Bertz CT molecular complexity index is 540. The maximum absolute atomic E-state index is 9.88. The van der Waals surface area contributed by atoms with Crippen LogP contribution in [0.2, 0.25) is 0 Å². The standard InChI is InChI=1S/C20H32N2O2/c1-14-4-5-16-11-15(2)20(19(16)10-14)21-17-6-8-22(9-7-17)12-18(23)13-24-3/h4-5,10,15,17-18,20-21,23H,6-9,11-13H2,1-3H3. The molecule has 3 unspecified atom stereocenters. The number of aliphatic hydroxyl groups is 1. The van der Waals surface area contributed by atoms with Gasteiger partial charge in [0.1, 0.15) is 0 Å². The molecule has 1 aromatic carbocycles. The Morgan fingerprint density at radius 1 is 1.33 bits per heavy atom. The number of rotatable bonds is 6. The van der Waals surface area contributed by atoms with Crippen LogP contribution in [0.15, 0.2) is 18.2 Å². The molecule has 1 aliphatic carbocycles. The second-order valence-corrected chi connectivity index (χ2v) is 7.71. The van der Waals surface area contributed by atoms with Gasteiger partial charge >= 0.3 is 0 Å². The van der Waals surface area contributed by atoms with Crippen LogP contribution in [0.5, 0.6) is 0 Å². The van der Waals surface area contributed by atoms with E-state index < -0.39 is 0 Å². The van der Waals surface area contributed by atoms with Crippen molar-refractivity contribution in [1.29, 1.82) is 0 Å². The lowest BCUT2D eigenvalue weighted by Gasteiger charge is -2.35. The van der Waals surface area contributed by atoms with Crippen LogP contribution in [-0.2, 0) is 11.2 Å². The summed E-state index contributed by atoms with van der Waals surface area (Å²) < 4.78 is 5.02. The van der Waals surface area contributed by atoms with Crippen molar-refractivity contribution in [2.45, 2.75) is 51.3 Å². The topological polar surface area (TPSA) is 44.7 Å². The third-order valence-electron chi connectivity index (χ3n) is 5.58. The predicted molar refractivity (Wildman–Crippen MR) is 97.3 cm³/mol. The summed E-state index contributed by atoms with van der Waals surface area (Å²) in [5.41, 5.74) is 4.39. The van der Waals surface area contributed by atoms with Gasteiger partial charge in [0, 0.05) is 25.7 Å². The quantitative estimate of drug-likeness (QED) is 0.839. The Labute approximate surface area is 146 Å². The Morgan fingerprint density at radius 3 is 2.79 bits per heavy atom. The van der Waals surface area contributed by atoms with Crippen molar-refractivity contribution < 1.29 is 9.84 Å². The van der Waals surface area contributed by atoms with E-state index in [0.717, 1.165) is 32.5 Å². The second kappa shape index (κ2) is 7.96. The van der Waals surface area contributed by atoms with E-state index in [-0.39, 0.29) is 6.10 Å².